The molecule has 1 atom stereocenters. The van der Waals surface area contributed by atoms with Gasteiger partial charge in [-0.2, -0.15) is 12.7 Å². The Labute approximate surface area is 66.4 Å². The molecule has 0 amide bonds. The van der Waals surface area contributed by atoms with Crippen molar-refractivity contribution >= 4 is 10.3 Å². The summed E-state index contributed by atoms with van der Waals surface area (Å²) in [6, 6.07) is 0.133. The van der Waals surface area contributed by atoms with Gasteiger partial charge in [-0.3, -0.25) is 4.18 Å². The predicted molar refractivity (Wildman–Crippen MR) is 39.2 cm³/mol. The number of hydrogen-bond acceptors (Lipinski definition) is 3. The fourth-order valence-corrected chi connectivity index (χ4v) is 3.02. The molecule has 2 heterocycles. The summed E-state index contributed by atoms with van der Waals surface area (Å²) in [7, 11) is -3.31. The molecule has 0 N–H and O–H groups in total. The second-order valence-corrected chi connectivity index (χ2v) is 4.56. The lowest BCUT2D eigenvalue weighted by atomic mass is 10.1. The lowest BCUT2D eigenvalue weighted by molar-refractivity contribution is 0.257. The Morgan fingerprint density at radius 3 is 2.91 bits per heavy atom. The topological polar surface area (TPSA) is 46.6 Å². The Morgan fingerprint density at radius 2 is 2.18 bits per heavy atom. The van der Waals surface area contributed by atoms with Gasteiger partial charge in [-0.25, -0.2) is 0 Å². The van der Waals surface area contributed by atoms with E-state index in [1.54, 1.807) is 0 Å². The molecule has 2 fully saturated rings. The minimum Gasteiger partial charge on any atom is -0.256 e. The van der Waals surface area contributed by atoms with Gasteiger partial charge < -0.3 is 0 Å². The number of piperidine rings is 1. The lowest BCUT2D eigenvalue weighted by Gasteiger charge is -2.24. The minimum absolute atomic E-state index is 0.133. The maximum atomic E-state index is 11.1. The summed E-state index contributed by atoms with van der Waals surface area (Å²) < 4.78 is 28.4. The minimum atomic E-state index is -3.31. The third kappa shape index (κ3) is 1.17. The average molecular weight is 177 g/mol. The van der Waals surface area contributed by atoms with Crippen molar-refractivity contribution in [2.24, 2.45) is 0 Å². The van der Waals surface area contributed by atoms with Gasteiger partial charge in [0, 0.05) is 6.54 Å². The van der Waals surface area contributed by atoms with Crippen LogP contribution in [-0.2, 0) is 14.5 Å². The van der Waals surface area contributed by atoms with Crippen LogP contribution in [0.4, 0.5) is 0 Å². The monoisotopic (exact) mass is 177 g/mol. The molecule has 2 rings (SSSR count). The van der Waals surface area contributed by atoms with Crippen LogP contribution in [0, 0.1) is 0 Å². The maximum Gasteiger partial charge on any atom is 0.338 e. The molecule has 2 aliphatic heterocycles. The molecular formula is C6H11NO3S. The van der Waals surface area contributed by atoms with E-state index in [-0.39, 0.29) is 6.04 Å². The molecule has 2 saturated heterocycles. The van der Waals surface area contributed by atoms with E-state index in [0.29, 0.717) is 13.2 Å². The van der Waals surface area contributed by atoms with Gasteiger partial charge in [0.15, 0.2) is 0 Å². The second-order valence-electron chi connectivity index (χ2n) is 3.00. The number of hydrogen-bond donors (Lipinski definition) is 0. The van der Waals surface area contributed by atoms with Crippen LogP contribution in [0.2, 0.25) is 0 Å². The molecule has 0 aromatic rings. The molecule has 0 aliphatic carbocycles. The summed E-state index contributed by atoms with van der Waals surface area (Å²) >= 11 is 0. The summed E-state index contributed by atoms with van der Waals surface area (Å²) in [5.74, 6) is 0. The Hall–Kier alpha value is -0.130. The third-order valence-electron chi connectivity index (χ3n) is 2.27. The van der Waals surface area contributed by atoms with E-state index >= 15 is 0 Å². The number of rotatable bonds is 0. The molecular weight excluding hydrogens is 166 g/mol. The van der Waals surface area contributed by atoms with Crippen LogP contribution < -0.4 is 0 Å². The van der Waals surface area contributed by atoms with Crippen LogP contribution in [0.15, 0.2) is 0 Å². The molecule has 2 aliphatic rings. The highest BCUT2D eigenvalue weighted by molar-refractivity contribution is 7.84. The molecule has 64 valence electrons. The van der Waals surface area contributed by atoms with Gasteiger partial charge in [0.1, 0.15) is 0 Å². The zero-order valence-corrected chi connectivity index (χ0v) is 7.01. The number of fused-ring (bicyclic) bond motifs is 1. The van der Waals surface area contributed by atoms with Crippen LogP contribution in [0.3, 0.4) is 0 Å². The van der Waals surface area contributed by atoms with Crippen molar-refractivity contribution in [2.75, 3.05) is 13.2 Å². The fraction of sp³-hybridized carbons (Fsp3) is 1.00. The van der Waals surface area contributed by atoms with Gasteiger partial charge in [-0.15, -0.1) is 0 Å². The van der Waals surface area contributed by atoms with Crippen molar-refractivity contribution in [2.45, 2.75) is 25.3 Å². The summed E-state index contributed by atoms with van der Waals surface area (Å²) in [4.78, 5) is 0. The molecule has 1 unspecified atom stereocenters. The van der Waals surface area contributed by atoms with Crippen LogP contribution in [-0.4, -0.2) is 31.9 Å². The van der Waals surface area contributed by atoms with Gasteiger partial charge in [-0.1, -0.05) is 6.42 Å². The highest BCUT2D eigenvalue weighted by atomic mass is 32.2. The van der Waals surface area contributed by atoms with E-state index < -0.39 is 10.3 Å². The maximum absolute atomic E-state index is 11.1. The standard InChI is InChI=1S/C6H11NO3S/c8-11(9)7-4-2-1-3-6(7)5-10-11/h6H,1-5H2. The van der Waals surface area contributed by atoms with Gasteiger partial charge in [-0.05, 0) is 12.8 Å². The van der Waals surface area contributed by atoms with Crippen LogP contribution in [0.5, 0.6) is 0 Å². The SMILES string of the molecule is O=S1(=O)OCC2CCCCN21. The van der Waals surface area contributed by atoms with Gasteiger partial charge >= 0.3 is 10.3 Å². The molecule has 0 saturated carbocycles. The van der Waals surface area contributed by atoms with Gasteiger partial charge in [0.2, 0.25) is 0 Å². The molecule has 5 heteroatoms. The molecule has 4 nitrogen and oxygen atoms in total. The summed E-state index contributed by atoms with van der Waals surface area (Å²) in [5.41, 5.74) is 0. The first-order valence-corrected chi connectivity index (χ1v) is 5.23. The lowest BCUT2D eigenvalue weighted by Crippen LogP contribution is -2.37. The van der Waals surface area contributed by atoms with Crippen molar-refractivity contribution < 1.29 is 12.6 Å². The van der Waals surface area contributed by atoms with E-state index in [1.165, 1.54) is 4.31 Å². The van der Waals surface area contributed by atoms with Crippen LogP contribution in [0.25, 0.3) is 0 Å². The van der Waals surface area contributed by atoms with Crippen LogP contribution >= 0.6 is 0 Å². The Balaban J connectivity index is 2.23. The van der Waals surface area contributed by atoms with E-state index in [4.69, 9.17) is 0 Å². The predicted octanol–water partition coefficient (Wildman–Crippen LogP) is 0.116. The molecule has 0 radical (unpaired) electrons. The molecule has 0 aromatic heterocycles. The highest BCUT2D eigenvalue weighted by Gasteiger charge is 2.39. The van der Waals surface area contributed by atoms with Crippen molar-refractivity contribution in [3.63, 3.8) is 0 Å². The molecule has 0 spiro atoms. The first kappa shape index (κ1) is 7.52. The van der Waals surface area contributed by atoms with Crippen molar-refractivity contribution in [3.8, 4) is 0 Å². The highest BCUT2D eigenvalue weighted by Crippen LogP contribution is 2.26. The van der Waals surface area contributed by atoms with Crippen LogP contribution in [0.1, 0.15) is 19.3 Å². The van der Waals surface area contributed by atoms with E-state index in [0.717, 1.165) is 19.3 Å². The molecule has 11 heavy (non-hydrogen) atoms. The zero-order chi connectivity index (χ0) is 7.90. The average Bonchev–Trinajstić information content (AvgIpc) is 2.29. The van der Waals surface area contributed by atoms with Crippen molar-refractivity contribution in [3.05, 3.63) is 0 Å². The molecule has 0 aromatic carbocycles. The van der Waals surface area contributed by atoms with Gasteiger partial charge in [0.25, 0.3) is 0 Å². The summed E-state index contributed by atoms with van der Waals surface area (Å²) in [5, 5.41) is 0. The second kappa shape index (κ2) is 2.43. The van der Waals surface area contributed by atoms with Crippen molar-refractivity contribution in [1.82, 2.24) is 4.31 Å². The fourth-order valence-electron chi connectivity index (χ4n) is 1.67. The summed E-state index contributed by atoms with van der Waals surface area (Å²) in [6.45, 7) is 1.01. The zero-order valence-electron chi connectivity index (χ0n) is 6.19. The van der Waals surface area contributed by atoms with Crippen molar-refractivity contribution in [1.29, 1.82) is 0 Å². The van der Waals surface area contributed by atoms with Gasteiger partial charge in [0.05, 0.1) is 12.6 Å². The summed E-state index contributed by atoms with van der Waals surface area (Å²) in [6.07, 6.45) is 3.05. The van der Waals surface area contributed by atoms with E-state index in [9.17, 15) is 8.42 Å². The largest absolute Gasteiger partial charge is 0.338 e. The Morgan fingerprint density at radius 1 is 1.36 bits per heavy atom. The first-order valence-electron chi connectivity index (χ1n) is 3.86. The Bertz CT molecular complexity index is 249. The first-order chi connectivity index (χ1) is 5.20. The normalized spacial score (nSPS) is 36.9. The quantitative estimate of drug-likeness (QED) is 0.528. The third-order valence-corrected chi connectivity index (χ3v) is 3.76. The number of nitrogens with zero attached hydrogens (tertiary/aromatic N) is 1. The Kier molecular flexibility index (Phi) is 1.66. The smallest absolute Gasteiger partial charge is 0.256 e. The van der Waals surface area contributed by atoms with E-state index in [1.807, 2.05) is 0 Å². The molecule has 0 bridgehead atoms. The van der Waals surface area contributed by atoms with E-state index in [2.05, 4.69) is 4.18 Å².